The van der Waals surface area contributed by atoms with Gasteiger partial charge in [0.25, 0.3) is 0 Å². The van der Waals surface area contributed by atoms with Gasteiger partial charge in [0.2, 0.25) is 0 Å². The van der Waals surface area contributed by atoms with Crippen LogP contribution in [0.3, 0.4) is 0 Å². The van der Waals surface area contributed by atoms with Crippen LogP contribution in [-0.4, -0.2) is 28.6 Å². The number of nitrogen functional groups attached to an aromatic ring is 1. The monoisotopic (exact) mass is 245 g/mol. The third-order valence-corrected chi connectivity index (χ3v) is 2.68. The zero-order valence-electron chi connectivity index (χ0n) is 9.24. The van der Waals surface area contributed by atoms with E-state index in [-0.39, 0.29) is 12.6 Å². The van der Waals surface area contributed by atoms with Crippen LogP contribution in [0.1, 0.15) is 18.4 Å². The van der Waals surface area contributed by atoms with Crippen LogP contribution < -0.4 is 5.73 Å². The molecule has 1 heterocycles. The standard InChI is InChI=1S/C11H14F3N3/c12-11(13,14)7-17(9-1-2-9)6-8-3-4-16-10(15)5-8/h3-5,9H,1-2,6-7H2,(H2,15,16). The molecule has 0 bridgehead atoms. The lowest BCUT2D eigenvalue weighted by Crippen LogP contribution is -2.35. The predicted molar refractivity (Wildman–Crippen MR) is 58.1 cm³/mol. The van der Waals surface area contributed by atoms with Crippen molar-refractivity contribution >= 4 is 5.82 Å². The summed E-state index contributed by atoms with van der Waals surface area (Å²) in [7, 11) is 0. The third-order valence-electron chi connectivity index (χ3n) is 2.68. The summed E-state index contributed by atoms with van der Waals surface area (Å²) in [6.45, 7) is -0.587. The minimum atomic E-state index is -4.15. The molecule has 1 fully saturated rings. The lowest BCUT2D eigenvalue weighted by Gasteiger charge is -2.23. The highest BCUT2D eigenvalue weighted by atomic mass is 19.4. The first-order chi connectivity index (χ1) is 7.94. The molecule has 1 aromatic heterocycles. The number of nitrogens with two attached hydrogens (primary N) is 1. The quantitative estimate of drug-likeness (QED) is 0.884. The molecule has 94 valence electrons. The van der Waals surface area contributed by atoms with Gasteiger partial charge in [-0.2, -0.15) is 13.2 Å². The van der Waals surface area contributed by atoms with Crippen LogP contribution in [-0.2, 0) is 6.54 Å². The van der Waals surface area contributed by atoms with Crippen LogP contribution in [0, 0.1) is 0 Å². The average Bonchev–Trinajstić information content (AvgIpc) is 2.97. The minimum absolute atomic E-state index is 0.0611. The van der Waals surface area contributed by atoms with Gasteiger partial charge in [-0.25, -0.2) is 4.98 Å². The molecule has 3 nitrogen and oxygen atoms in total. The van der Waals surface area contributed by atoms with Crippen molar-refractivity contribution in [2.45, 2.75) is 31.6 Å². The fourth-order valence-corrected chi connectivity index (χ4v) is 1.81. The topological polar surface area (TPSA) is 42.1 Å². The second-order valence-corrected chi connectivity index (χ2v) is 4.34. The maximum absolute atomic E-state index is 12.4. The summed E-state index contributed by atoms with van der Waals surface area (Å²) in [6.07, 6.45) is -0.947. The van der Waals surface area contributed by atoms with E-state index >= 15 is 0 Å². The Kier molecular flexibility index (Phi) is 3.24. The Bertz CT molecular complexity index is 388. The fourth-order valence-electron chi connectivity index (χ4n) is 1.81. The number of aromatic nitrogens is 1. The minimum Gasteiger partial charge on any atom is -0.384 e. The zero-order chi connectivity index (χ0) is 12.5. The Morgan fingerprint density at radius 2 is 2.12 bits per heavy atom. The summed E-state index contributed by atoms with van der Waals surface area (Å²) in [6, 6.07) is 3.37. The molecule has 1 aliphatic rings. The highest BCUT2D eigenvalue weighted by Gasteiger charge is 2.37. The number of pyridine rings is 1. The van der Waals surface area contributed by atoms with Crippen LogP contribution in [0.4, 0.5) is 19.0 Å². The van der Waals surface area contributed by atoms with E-state index in [0.717, 1.165) is 18.4 Å². The van der Waals surface area contributed by atoms with Crippen LogP contribution in [0.5, 0.6) is 0 Å². The van der Waals surface area contributed by atoms with Crippen molar-refractivity contribution in [3.63, 3.8) is 0 Å². The molecule has 0 atom stereocenters. The van der Waals surface area contributed by atoms with Gasteiger partial charge < -0.3 is 5.73 Å². The molecule has 2 N–H and O–H groups in total. The van der Waals surface area contributed by atoms with Crippen molar-refractivity contribution < 1.29 is 13.2 Å². The first-order valence-corrected chi connectivity index (χ1v) is 5.45. The number of hydrogen-bond acceptors (Lipinski definition) is 3. The summed E-state index contributed by atoms with van der Waals surface area (Å²) in [5.41, 5.74) is 6.27. The van der Waals surface area contributed by atoms with Gasteiger partial charge in [-0.15, -0.1) is 0 Å². The van der Waals surface area contributed by atoms with E-state index < -0.39 is 12.7 Å². The molecule has 0 radical (unpaired) electrons. The van der Waals surface area contributed by atoms with Crippen LogP contribution in [0.25, 0.3) is 0 Å². The smallest absolute Gasteiger partial charge is 0.384 e. The third kappa shape index (κ3) is 3.89. The second-order valence-electron chi connectivity index (χ2n) is 4.34. The summed E-state index contributed by atoms with van der Waals surface area (Å²) >= 11 is 0. The highest BCUT2D eigenvalue weighted by molar-refractivity contribution is 5.31. The van der Waals surface area contributed by atoms with Crippen molar-refractivity contribution in [2.24, 2.45) is 0 Å². The van der Waals surface area contributed by atoms with Crippen molar-refractivity contribution in [1.29, 1.82) is 0 Å². The zero-order valence-corrected chi connectivity index (χ0v) is 9.24. The molecule has 0 unspecified atom stereocenters. The molecule has 0 aromatic carbocycles. The van der Waals surface area contributed by atoms with Gasteiger partial charge in [-0.05, 0) is 30.5 Å². The van der Waals surface area contributed by atoms with Crippen LogP contribution >= 0.6 is 0 Å². The normalized spacial score (nSPS) is 16.5. The molecular formula is C11H14F3N3. The molecule has 2 rings (SSSR count). The second kappa shape index (κ2) is 4.52. The summed E-state index contributed by atoms with van der Waals surface area (Å²) in [5.74, 6) is 0.338. The Morgan fingerprint density at radius 1 is 1.41 bits per heavy atom. The SMILES string of the molecule is Nc1cc(CN(CC(F)(F)F)C2CC2)ccn1. The average molecular weight is 245 g/mol. The van der Waals surface area contributed by atoms with E-state index in [1.807, 2.05) is 0 Å². The Hall–Kier alpha value is -1.30. The summed E-state index contributed by atoms with van der Waals surface area (Å²) in [5, 5.41) is 0. The van der Waals surface area contributed by atoms with E-state index in [1.54, 1.807) is 12.1 Å². The number of halogens is 3. The van der Waals surface area contributed by atoms with Crippen molar-refractivity contribution in [2.75, 3.05) is 12.3 Å². The van der Waals surface area contributed by atoms with E-state index in [9.17, 15) is 13.2 Å². The molecule has 1 aromatic rings. The number of nitrogens with zero attached hydrogens (tertiary/aromatic N) is 2. The first-order valence-electron chi connectivity index (χ1n) is 5.45. The molecule has 0 aliphatic heterocycles. The largest absolute Gasteiger partial charge is 0.401 e. The van der Waals surface area contributed by atoms with Gasteiger partial charge >= 0.3 is 6.18 Å². The van der Waals surface area contributed by atoms with Gasteiger partial charge in [0.15, 0.2) is 0 Å². The van der Waals surface area contributed by atoms with Crippen LogP contribution in [0.2, 0.25) is 0 Å². The Morgan fingerprint density at radius 3 is 2.65 bits per heavy atom. The van der Waals surface area contributed by atoms with Crippen molar-refractivity contribution in [1.82, 2.24) is 9.88 Å². The molecule has 17 heavy (non-hydrogen) atoms. The van der Waals surface area contributed by atoms with E-state index in [0.29, 0.717) is 5.82 Å². The summed E-state index contributed by atoms with van der Waals surface area (Å²) < 4.78 is 37.2. The molecular weight excluding hydrogens is 231 g/mol. The number of anilines is 1. The maximum atomic E-state index is 12.4. The summed E-state index contributed by atoms with van der Waals surface area (Å²) in [4.78, 5) is 5.27. The van der Waals surface area contributed by atoms with E-state index in [1.165, 1.54) is 11.1 Å². The molecule has 1 saturated carbocycles. The fraction of sp³-hybridized carbons (Fsp3) is 0.545. The predicted octanol–water partition coefficient (Wildman–Crippen LogP) is 2.19. The first kappa shape index (κ1) is 12.2. The van der Waals surface area contributed by atoms with Crippen LogP contribution in [0.15, 0.2) is 18.3 Å². The van der Waals surface area contributed by atoms with Crippen molar-refractivity contribution in [3.8, 4) is 0 Å². The van der Waals surface area contributed by atoms with Gasteiger partial charge in [-0.3, -0.25) is 4.90 Å². The lowest BCUT2D eigenvalue weighted by molar-refractivity contribution is -0.148. The number of rotatable bonds is 4. The number of alkyl halides is 3. The van der Waals surface area contributed by atoms with Gasteiger partial charge in [0, 0.05) is 18.8 Å². The van der Waals surface area contributed by atoms with Gasteiger partial charge in [-0.1, -0.05) is 0 Å². The highest BCUT2D eigenvalue weighted by Crippen LogP contribution is 2.31. The van der Waals surface area contributed by atoms with E-state index in [2.05, 4.69) is 4.98 Å². The maximum Gasteiger partial charge on any atom is 0.401 e. The molecule has 0 saturated heterocycles. The molecule has 0 amide bonds. The van der Waals surface area contributed by atoms with Gasteiger partial charge in [0.1, 0.15) is 5.82 Å². The molecule has 1 aliphatic carbocycles. The lowest BCUT2D eigenvalue weighted by atomic mass is 10.2. The Balaban J connectivity index is 2.02. The van der Waals surface area contributed by atoms with Crippen molar-refractivity contribution in [3.05, 3.63) is 23.9 Å². The van der Waals surface area contributed by atoms with Gasteiger partial charge in [0.05, 0.1) is 6.54 Å². The molecule has 0 spiro atoms. The van der Waals surface area contributed by atoms with E-state index in [4.69, 9.17) is 5.73 Å². The number of hydrogen-bond donors (Lipinski definition) is 1. The Labute approximate surface area is 97.4 Å². The molecule has 6 heteroatoms.